The Hall–Kier alpha value is -4.19. The Morgan fingerprint density at radius 2 is 1.85 bits per heavy atom. The first-order valence-corrected chi connectivity index (χ1v) is 13.7. The molecule has 0 unspecified atom stereocenters. The van der Waals surface area contributed by atoms with Crippen LogP contribution in [0.4, 0.5) is 18.2 Å². The number of benzene rings is 2. The summed E-state index contributed by atoms with van der Waals surface area (Å²) in [5, 5.41) is -0.523. The van der Waals surface area contributed by atoms with Crippen LogP contribution >= 0.6 is 11.3 Å². The number of imidazole rings is 1. The van der Waals surface area contributed by atoms with E-state index >= 15 is 0 Å². The van der Waals surface area contributed by atoms with Crippen LogP contribution in [0.3, 0.4) is 0 Å². The first-order valence-electron chi connectivity index (χ1n) is 12.9. The normalized spacial score (nSPS) is 17.9. The lowest BCUT2D eigenvalue weighted by Gasteiger charge is -2.41. The minimum Gasteiger partial charge on any atom is -0.361 e. The predicted octanol–water partition coefficient (Wildman–Crippen LogP) is 5.13. The van der Waals surface area contributed by atoms with Gasteiger partial charge in [0.15, 0.2) is 5.82 Å². The SMILES string of the molecule is C[C@@H]1CN(c2sc(C(F)(F)F)nc2-c2nc3ccccc3[nH]2)CCN1C(=O)CN1C=C(c2ccccc2)N=CC1. The second-order valence-electron chi connectivity index (χ2n) is 9.78. The molecule has 2 aliphatic rings. The number of carbonyl (C=O) groups excluding carboxylic acids is 1. The van der Waals surface area contributed by atoms with E-state index in [1.807, 2.05) is 71.5 Å². The van der Waals surface area contributed by atoms with Crippen LogP contribution in [-0.2, 0) is 11.0 Å². The molecule has 12 heteroatoms. The second kappa shape index (κ2) is 10.4. The van der Waals surface area contributed by atoms with Gasteiger partial charge in [-0.05, 0) is 19.1 Å². The van der Waals surface area contributed by atoms with E-state index in [0.717, 1.165) is 16.8 Å². The monoisotopic (exact) mass is 565 g/mol. The summed E-state index contributed by atoms with van der Waals surface area (Å²) in [4.78, 5) is 34.9. The number of anilines is 1. The number of thiazole rings is 1. The van der Waals surface area contributed by atoms with Gasteiger partial charge in [0.25, 0.3) is 0 Å². The highest BCUT2D eigenvalue weighted by Gasteiger charge is 2.39. The molecule has 206 valence electrons. The molecule has 2 aliphatic heterocycles. The molecule has 1 amide bonds. The van der Waals surface area contributed by atoms with E-state index in [-0.39, 0.29) is 24.2 Å². The van der Waals surface area contributed by atoms with Gasteiger partial charge in [-0.1, -0.05) is 53.8 Å². The van der Waals surface area contributed by atoms with Gasteiger partial charge in [-0.3, -0.25) is 9.79 Å². The topological polar surface area (TPSA) is 80.7 Å². The van der Waals surface area contributed by atoms with Crippen molar-refractivity contribution in [3.8, 4) is 11.5 Å². The molecule has 6 rings (SSSR count). The van der Waals surface area contributed by atoms with E-state index in [2.05, 4.69) is 19.9 Å². The van der Waals surface area contributed by atoms with Gasteiger partial charge >= 0.3 is 6.18 Å². The number of halogens is 3. The first kappa shape index (κ1) is 26.1. The van der Waals surface area contributed by atoms with E-state index < -0.39 is 11.2 Å². The van der Waals surface area contributed by atoms with Gasteiger partial charge < -0.3 is 19.7 Å². The number of piperazine rings is 1. The van der Waals surface area contributed by atoms with E-state index in [4.69, 9.17) is 0 Å². The molecule has 1 atom stereocenters. The number of alkyl halides is 3. The highest BCUT2D eigenvalue weighted by molar-refractivity contribution is 7.16. The molecular formula is C28H26F3N7OS. The van der Waals surface area contributed by atoms with Crippen molar-refractivity contribution < 1.29 is 18.0 Å². The Morgan fingerprint density at radius 1 is 1.07 bits per heavy atom. The van der Waals surface area contributed by atoms with Crippen molar-refractivity contribution in [1.29, 1.82) is 0 Å². The van der Waals surface area contributed by atoms with Gasteiger partial charge in [0.1, 0.15) is 10.7 Å². The molecule has 1 fully saturated rings. The fraction of sp³-hybridized carbons (Fsp3) is 0.286. The van der Waals surface area contributed by atoms with Crippen molar-refractivity contribution in [2.45, 2.75) is 19.1 Å². The number of amides is 1. The molecule has 1 N–H and O–H groups in total. The number of fused-ring (bicyclic) bond motifs is 1. The van der Waals surface area contributed by atoms with Gasteiger partial charge in [0.2, 0.25) is 10.9 Å². The van der Waals surface area contributed by atoms with Gasteiger partial charge in [-0.15, -0.1) is 0 Å². The second-order valence-corrected chi connectivity index (χ2v) is 10.8. The fourth-order valence-corrected chi connectivity index (χ4v) is 5.98. The van der Waals surface area contributed by atoms with Crippen molar-refractivity contribution in [1.82, 2.24) is 24.8 Å². The highest BCUT2D eigenvalue weighted by atomic mass is 32.1. The summed E-state index contributed by atoms with van der Waals surface area (Å²) < 4.78 is 41.1. The van der Waals surface area contributed by atoms with Crippen LogP contribution in [0.5, 0.6) is 0 Å². The zero-order valence-electron chi connectivity index (χ0n) is 21.6. The summed E-state index contributed by atoms with van der Waals surface area (Å²) in [6.45, 7) is 3.78. The van der Waals surface area contributed by atoms with E-state index in [9.17, 15) is 18.0 Å². The molecule has 4 heterocycles. The minimum absolute atomic E-state index is 0.0381. The standard InChI is InChI=1S/C28H26F3N7OS/c1-18-15-37(13-14-38(18)23(39)17-36-12-11-32-22(16-36)19-7-3-2-4-8-19)26-24(35-27(40-26)28(29,30)31)25-33-20-9-5-6-10-21(20)34-25/h2-11,16,18H,12-15,17H2,1H3,(H,33,34)/t18-/m1/s1. The smallest absolute Gasteiger partial charge is 0.361 e. The van der Waals surface area contributed by atoms with E-state index in [1.54, 1.807) is 17.2 Å². The fourth-order valence-electron chi connectivity index (χ4n) is 5.02. The number of aliphatic imine (C=N–C) groups is 1. The number of nitrogens with one attached hydrogen (secondary N) is 1. The maximum absolute atomic E-state index is 13.7. The van der Waals surface area contributed by atoms with Crippen LogP contribution in [0.25, 0.3) is 28.2 Å². The number of H-pyrrole nitrogens is 1. The Morgan fingerprint density at radius 3 is 2.60 bits per heavy atom. The van der Waals surface area contributed by atoms with Crippen molar-refractivity contribution in [2.24, 2.45) is 4.99 Å². The molecule has 4 aromatic rings. The minimum atomic E-state index is -4.57. The number of hydrogen-bond acceptors (Lipinski definition) is 7. The summed E-state index contributed by atoms with van der Waals surface area (Å²) in [5.41, 5.74) is 3.32. The third-order valence-corrected chi connectivity index (χ3v) is 8.12. The number of rotatable bonds is 5. The van der Waals surface area contributed by atoms with Crippen molar-refractivity contribution in [3.05, 3.63) is 71.4 Å². The van der Waals surface area contributed by atoms with Gasteiger partial charge in [0.05, 0.1) is 29.8 Å². The molecule has 8 nitrogen and oxygen atoms in total. The zero-order chi connectivity index (χ0) is 27.9. The summed E-state index contributed by atoms with van der Waals surface area (Å²) in [6, 6.07) is 16.8. The van der Waals surface area contributed by atoms with E-state index in [0.29, 0.717) is 53.9 Å². The van der Waals surface area contributed by atoms with Gasteiger partial charge in [-0.2, -0.15) is 13.2 Å². The Balaban J connectivity index is 1.19. The molecule has 0 saturated carbocycles. The maximum atomic E-state index is 13.7. The van der Waals surface area contributed by atoms with E-state index in [1.165, 1.54) is 0 Å². The lowest BCUT2D eigenvalue weighted by molar-refractivity contribution is -0.137. The molecule has 2 aromatic heterocycles. The number of aromatic nitrogens is 3. The summed E-state index contributed by atoms with van der Waals surface area (Å²) in [7, 11) is 0. The predicted molar refractivity (Wildman–Crippen MR) is 150 cm³/mol. The lowest BCUT2D eigenvalue weighted by atomic mass is 10.1. The Bertz CT molecular complexity index is 1560. The summed E-state index contributed by atoms with van der Waals surface area (Å²) in [6.07, 6.45) is -0.890. The quantitative estimate of drug-likeness (QED) is 0.363. The van der Waals surface area contributed by atoms with Crippen LogP contribution in [0.2, 0.25) is 0 Å². The maximum Gasteiger partial charge on any atom is 0.443 e. The van der Waals surface area contributed by atoms with Crippen LogP contribution in [0.1, 0.15) is 17.5 Å². The number of carbonyl (C=O) groups is 1. The molecule has 0 radical (unpaired) electrons. The van der Waals surface area contributed by atoms with Crippen LogP contribution in [-0.4, -0.2) is 75.6 Å². The Kier molecular flexibility index (Phi) is 6.78. The van der Waals surface area contributed by atoms with Crippen molar-refractivity contribution in [3.63, 3.8) is 0 Å². The molecule has 0 aliphatic carbocycles. The molecule has 0 spiro atoms. The van der Waals surface area contributed by atoms with Gasteiger partial charge in [-0.25, -0.2) is 9.97 Å². The van der Waals surface area contributed by atoms with Gasteiger partial charge in [0, 0.05) is 43.7 Å². The number of para-hydroxylation sites is 2. The number of nitrogens with zero attached hydrogens (tertiary/aromatic N) is 6. The molecule has 2 aromatic carbocycles. The molecule has 1 saturated heterocycles. The zero-order valence-corrected chi connectivity index (χ0v) is 22.4. The molecular weight excluding hydrogens is 539 g/mol. The third-order valence-electron chi connectivity index (χ3n) is 6.96. The lowest BCUT2D eigenvalue weighted by Crippen LogP contribution is -2.55. The average molecular weight is 566 g/mol. The summed E-state index contributed by atoms with van der Waals surface area (Å²) >= 11 is 0.612. The van der Waals surface area contributed by atoms with Crippen molar-refractivity contribution in [2.75, 3.05) is 37.6 Å². The van der Waals surface area contributed by atoms with Crippen LogP contribution in [0.15, 0.2) is 65.8 Å². The molecule has 0 bridgehead atoms. The van der Waals surface area contributed by atoms with Crippen molar-refractivity contribution >= 4 is 45.2 Å². The molecule has 40 heavy (non-hydrogen) atoms. The summed E-state index contributed by atoms with van der Waals surface area (Å²) in [5.74, 6) is 0.255. The van der Waals surface area contributed by atoms with Crippen LogP contribution < -0.4 is 4.90 Å². The third kappa shape index (κ3) is 5.18. The van der Waals surface area contributed by atoms with Crippen LogP contribution in [0, 0.1) is 0 Å². The Labute approximate surface area is 232 Å². The average Bonchev–Trinajstić information content (AvgIpc) is 3.58. The number of hydrogen-bond donors (Lipinski definition) is 1. The number of aromatic amines is 1. The highest BCUT2D eigenvalue weighted by Crippen LogP contribution is 2.42. The first-order chi connectivity index (χ1) is 19.3. The largest absolute Gasteiger partial charge is 0.443 e.